The molecule has 0 spiro atoms. The molecule has 3 heteroatoms. The predicted octanol–water partition coefficient (Wildman–Crippen LogP) is 2.43. The minimum Gasteiger partial charge on any atom is -0.463 e. The maximum atomic E-state index is 11.9. The molecule has 2 fully saturated rings. The lowest BCUT2D eigenvalue weighted by molar-refractivity contribution is -0.150. The van der Waals surface area contributed by atoms with E-state index in [1.165, 1.54) is 12.8 Å². The molecule has 1 saturated carbocycles. The number of ether oxygens (including phenoxy) is 2. The lowest BCUT2D eigenvalue weighted by atomic mass is 9.90. The minimum absolute atomic E-state index is 0.131. The summed E-state index contributed by atoms with van der Waals surface area (Å²) in [6.45, 7) is 4.57. The van der Waals surface area contributed by atoms with Gasteiger partial charge in [-0.15, -0.1) is 0 Å². The number of fused-ring (bicyclic) bond motifs is 1. The van der Waals surface area contributed by atoms with Crippen LogP contribution in [0.25, 0.3) is 0 Å². The van der Waals surface area contributed by atoms with E-state index in [0.29, 0.717) is 6.61 Å². The van der Waals surface area contributed by atoms with Gasteiger partial charge in [-0.05, 0) is 32.6 Å². The molecule has 3 nitrogen and oxygen atoms in total. The summed E-state index contributed by atoms with van der Waals surface area (Å²) in [6, 6.07) is 0. The molecule has 0 amide bonds. The second kappa shape index (κ2) is 3.78. The van der Waals surface area contributed by atoms with Crippen LogP contribution in [-0.2, 0) is 14.3 Å². The van der Waals surface area contributed by atoms with E-state index in [1.807, 2.05) is 13.8 Å². The third kappa shape index (κ3) is 1.67. The second-order valence-electron chi connectivity index (χ2n) is 4.86. The fraction of sp³-hybridized carbons (Fsp3) is 0.917. The standard InChI is InChI=1S/C12H20O3/c1-3-9-14-10(13)12-8-6-4-5-7-11(12,2)15-12/h3-9H2,1-2H3. The summed E-state index contributed by atoms with van der Waals surface area (Å²) < 4.78 is 10.9. The van der Waals surface area contributed by atoms with E-state index in [4.69, 9.17) is 9.47 Å². The Labute approximate surface area is 91.1 Å². The molecule has 0 aromatic heterocycles. The Morgan fingerprint density at radius 2 is 2.07 bits per heavy atom. The first-order chi connectivity index (χ1) is 7.15. The molecule has 0 bridgehead atoms. The molecule has 0 radical (unpaired) electrons. The number of carbonyl (C=O) groups is 1. The van der Waals surface area contributed by atoms with Crippen LogP contribution in [0.3, 0.4) is 0 Å². The summed E-state index contributed by atoms with van der Waals surface area (Å²) in [7, 11) is 0. The topological polar surface area (TPSA) is 38.8 Å². The van der Waals surface area contributed by atoms with Gasteiger partial charge in [-0.2, -0.15) is 0 Å². The van der Waals surface area contributed by atoms with Crippen LogP contribution in [-0.4, -0.2) is 23.8 Å². The zero-order valence-corrected chi connectivity index (χ0v) is 9.67. The van der Waals surface area contributed by atoms with Crippen molar-refractivity contribution in [2.24, 2.45) is 0 Å². The van der Waals surface area contributed by atoms with Crippen LogP contribution in [0.5, 0.6) is 0 Å². The molecule has 0 aromatic rings. The van der Waals surface area contributed by atoms with Crippen LogP contribution >= 0.6 is 0 Å². The molecule has 86 valence electrons. The summed E-state index contributed by atoms with van der Waals surface area (Å²) in [4.78, 5) is 11.9. The minimum atomic E-state index is -0.585. The third-order valence-corrected chi connectivity index (χ3v) is 3.66. The van der Waals surface area contributed by atoms with E-state index in [2.05, 4.69) is 0 Å². The first-order valence-electron chi connectivity index (χ1n) is 6.02. The Morgan fingerprint density at radius 3 is 2.80 bits per heavy atom. The Balaban J connectivity index is 2.03. The number of hydrogen-bond donors (Lipinski definition) is 0. The van der Waals surface area contributed by atoms with Gasteiger partial charge in [0.2, 0.25) is 0 Å². The fourth-order valence-electron chi connectivity index (χ4n) is 2.61. The molecular weight excluding hydrogens is 192 g/mol. The van der Waals surface area contributed by atoms with Gasteiger partial charge in [-0.25, -0.2) is 4.79 Å². The van der Waals surface area contributed by atoms with Gasteiger partial charge < -0.3 is 9.47 Å². The van der Waals surface area contributed by atoms with Crippen molar-refractivity contribution in [3.8, 4) is 0 Å². The van der Waals surface area contributed by atoms with E-state index in [9.17, 15) is 4.79 Å². The van der Waals surface area contributed by atoms with Gasteiger partial charge in [0.05, 0.1) is 6.61 Å². The van der Waals surface area contributed by atoms with Crippen LogP contribution in [0.1, 0.15) is 52.4 Å². The van der Waals surface area contributed by atoms with Gasteiger partial charge in [-0.3, -0.25) is 0 Å². The van der Waals surface area contributed by atoms with Crippen LogP contribution in [0.2, 0.25) is 0 Å². The summed E-state index contributed by atoms with van der Waals surface area (Å²) in [5, 5.41) is 0. The molecule has 2 aliphatic rings. The summed E-state index contributed by atoms with van der Waals surface area (Å²) >= 11 is 0. The fourth-order valence-corrected chi connectivity index (χ4v) is 2.61. The number of carbonyl (C=O) groups excluding carboxylic acids is 1. The van der Waals surface area contributed by atoms with E-state index in [1.54, 1.807) is 0 Å². The zero-order chi connectivity index (χ0) is 10.9. The number of hydrogen-bond acceptors (Lipinski definition) is 3. The van der Waals surface area contributed by atoms with Gasteiger partial charge in [0.25, 0.3) is 0 Å². The van der Waals surface area contributed by atoms with E-state index in [-0.39, 0.29) is 11.6 Å². The van der Waals surface area contributed by atoms with Crippen molar-refractivity contribution >= 4 is 5.97 Å². The molecule has 1 heterocycles. The maximum Gasteiger partial charge on any atom is 0.341 e. The molecule has 15 heavy (non-hydrogen) atoms. The quantitative estimate of drug-likeness (QED) is 0.532. The zero-order valence-electron chi connectivity index (χ0n) is 9.67. The molecule has 1 aliphatic carbocycles. The first-order valence-corrected chi connectivity index (χ1v) is 6.02. The highest BCUT2D eigenvalue weighted by Gasteiger charge is 2.72. The number of epoxide rings is 1. The molecule has 0 N–H and O–H groups in total. The molecular formula is C12H20O3. The van der Waals surface area contributed by atoms with Crippen molar-refractivity contribution in [1.29, 1.82) is 0 Å². The second-order valence-corrected chi connectivity index (χ2v) is 4.86. The van der Waals surface area contributed by atoms with Gasteiger partial charge in [0, 0.05) is 0 Å². The van der Waals surface area contributed by atoms with Crippen molar-refractivity contribution in [3.05, 3.63) is 0 Å². The number of esters is 1. The normalized spacial score (nSPS) is 39.1. The molecule has 2 atom stereocenters. The summed E-state index contributed by atoms with van der Waals surface area (Å²) in [5.41, 5.74) is -0.813. The highest BCUT2D eigenvalue weighted by Crippen LogP contribution is 2.56. The average molecular weight is 212 g/mol. The Morgan fingerprint density at radius 1 is 1.33 bits per heavy atom. The van der Waals surface area contributed by atoms with Crippen molar-refractivity contribution in [3.63, 3.8) is 0 Å². The van der Waals surface area contributed by atoms with Crippen molar-refractivity contribution in [2.75, 3.05) is 6.61 Å². The summed E-state index contributed by atoms with van der Waals surface area (Å²) in [5.74, 6) is -0.131. The van der Waals surface area contributed by atoms with Gasteiger partial charge in [-0.1, -0.05) is 19.8 Å². The molecule has 0 aromatic carbocycles. The smallest absolute Gasteiger partial charge is 0.341 e. The average Bonchev–Trinajstić information content (AvgIpc) is 2.82. The van der Waals surface area contributed by atoms with Crippen molar-refractivity contribution < 1.29 is 14.3 Å². The largest absolute Gasteiger partial charge is 0.463 e. The van der Waals surface area contributed by atoms with Gasteiger partial charge in [0.15, 0.2) is 5.60 Å². The monoisotopic (exact) mass is 212 g/mol. The lowest BCUT2D eigenvalue weighted by Crippen LogP contribution is -2.33. The summed E-state index contributed by atoms with van der Waals surface area (Å²) in [6.07, 6.45) is 6.16. The van der Waals surface area contributed by atoms with Crippen LogP contribution in [0, 0.1) is 0 Å². The van der Waals surface area contributed by atoms with Gasteiger partial charge in [0.1, 0.15) is 5.60 Å². The molecule has 2 unspecified atom stereocenters. The van der Waals surface area contributed by atoms with Crippen LogP contribution < -0.4 is 0 Å². The Kier molecular flexibility index (Phi) is 2.75. The number of rotatable bonds is 3. The highest BCUT2D eigenvalue weighted by molar-refractivity contribution is 5.84. The third-order valence-electron chi connectivity index (χ3n) is 3.66. The predicted molar refractivity (Wildman–Crippen MR) is 56.6 cm³/mol. The SMILES string of the molecule is CCCOC(=O)C12CCCCCC1(C)O2. The molecule has 1 aliphatic heterocycles. The van der Waals surface area contributed by atoms with Crippen LogP contribution in [0.15, 0.2) is 0 Å². The van der Waals surface area contributed by atoms with E-state index < -0.39 is 5.60 Å². The molecule has 2 rings (SSSR count). The van der Waals surface area contributed by atoms with Gasteiger partial charge >= 0.3 is 5.97 Å². The maximum absolute atomic E-state index is 11.9. The van der Waals surface area contributed by atoms with E-state index in [0.717, 1.165) is 25.7 Å². The van der Waals surface area contributed by atoms with Crippen molar-refractivity contribution in [2.45, 2.75) is 63.6 Å². The highest BCUT2D eigenvalue weighted by atomic mass is 16.7. The van der Waals surface area contributed by atoms with Crippen molar-refractivity contribution in [1.82, 2.24) is 0 Å². The Bertz CT molecular complexity index is 264. The van der Waals surface area contributed by atoms with Crippen LogP contribution in [0.4, 0.5) is 0 Å². The molecule has 1 saturated heterocycles. The van der Waals surface area contributed by atoms with E-state index >= 15 is 0 Å². The Hall–Kier alpha value is -0.570. The first kappa shape index (κ1) is 10.9. The lowest BCUT2D eigenvalue weighted by Gasteiger charge is -2.13.